The second-order valence-corrected chi connectivity index (χ2v) is 13.2. The number of benzene rings is 2. The van der Waals surface area contributed by atoms with E-state index in [0.717, 1.165) is 29.8 Å². The fourth-order valence-corrected chi connectivity index (χ4v) is 6.78. The van der Waals surface area contributed by atoms with E-state index in [1.165, 1.54) is 45.6 Å². The lowest BCUT2D eigenvalue weighted by Crippen LogP contribution is -2.45. The molecule has 0 unspecified atom stereocenters. The molecule has 0 aliphatic heterocycles. The number of hydrogen-bond donors (Lipinski definition) is 1. The van der Waals surface area contributed by atoms with Gasteiger partial charge in [0.1, 0.15) is 34.5 Å². The Bertz CT molecular complexity index is 2410. The Kier molecular flexibility index (Phi) is 9.65. The van der Waals surface area contributed by atoms with E-state index in [9.17, 15) is 27.6 Å². The standard InChI is InChI=1S/C38H36F3N7O4/c1-45(2)15-4-16-52-33-19-24(39)7-13-30(33)23-5-3-6-29(17-23)47-35-31(18-26(41)20-42-35)37(50)48(38(47)51)28-11-9-27(10-12-28)43-36(49)32-22-46-21-25(40)8-14-34(46)44-32/h3,5-8,13-14,17-22,27-28H,4,9-12,15-16H2,1-2H3,(H,43,49)/t27-,28+. The molecule has 1 fully saturated rings. The van der Waals surface area contributed by atoms with Crippen LogP contribution < -0.4 is 21.3 Å². The highest BCUT2D eigenvalue weighted by Gasteiger charge is 2.29. The summed E-state index contributed by atoms with van der Waals surface area (Å²) in [7, 11) is 3.91. The number of carbonyl (C=O) groups excluding carboxylic acids is 1. The van der Waals surface area contributed by atoms with E-state index in [0.29, 0.717) is 60.5 Å². The molecule has 11 nitrogen and oxygen atoms in total. The normalized spacial score (nSPS) is 16.1. The summed E-state index contributed by atoms with van der Waals surface area (Å²) in [4.78, 5) is 51.7. The maximum atomic E-state index is 14.5. The van der Waals surface area contributed by atoms with Crippen molar-refractivity contribution in [1.82, 2.24) is 33.7 Å². The molecule has 1 aliphatic rings. The summed E-state index contributed by atoms with van der Waals surface area (Å²) in [6, 6.07) is 14.2. The van der Waals surface area contributed by atoms with Gasteiger partial charge in [0.2, 0.25) is 0 Å². The molecule has 6 aromatic rings. The molecule has 52 heavy (non-hydrogen) atoms. The highest BCUT2D eigenvalue weighted by molar-refractivity contribution is 5.93. The zero-order chi connectivity index (χ0) is 36.5. The summed E-state index contributed by atoms with van der Waals surface area (Å²) >= 11 is 0. The van der Waals surface area contributed by atoms with E-state index in [1.54, 1.807) is 30.3 Å². The van der Waals surface area contributed by atoms with Crippen molar-refractivity contribution in [2.45, 2.75) is 44.2 Å². The molecule has 0 atom stereocenters. The second-order valence-electron chi connectivity index (χ2n) is 13.2. The molecule has 0 saturated heterocycles. The molecule has 1 saturated carbocycles. The summed E-state index contributed by atoms with van der Waals surface area (Å²) in [6.45, 7) is 1.16. The Labute approximate surface area is 295 Å². The Hall–Kier alpha value is -5.76. The van der Waals surface area contributed by atoms with Gasteiger partial charge >= 0.3 is 5.69 Å². The van der Waals surface area contributed by atoms with Gasteiger partial charge in [0.25, 0.3) is 11.5 Å². The van der Waals surface area contributed by atoms with Crippen molar-refractivity contribution in [2.75, 3.05) is 27.2 Å². The first-order valence-corrected chi connectivity index (χ1v) is 17.0. The van der Waals surface area contributed by atoms with Gasteiger partial charge in [-0.2, -0.15) is 0 Å². The van der Waals surface area contributed by atoms with Gasteiger partial charge < -0.3 is 19.4 Å². The Morgan fingerprint density at radius 3 is 2.52 bits per heavy atom. The summed E-state index contributed by atoms with van der Waals surface area (Å²) in [6.07, 6.45) is 6.06. The number of nitrogens with zero attached hydrogens (tertiary/aromatic N) is 6. The predicted molar refractivity (Wildman–Crippen MR) is 190 cm³/mol. The molecule has 4 aromatic heterocycles. The monoisotopic (exact) mass is 711 g/mol. The number of amides is 1. The topological polar surface area (TPSA) is 116 Å². The number of hydrogen-bond acceptors (Lipinski definition) is 7. The first-order chi connectivity index (χ1) is 25.0. The molecular weight excluding hydrogens is 675 g/mol. The molecule has 0 radical (unpaired) electrons. The Balaban J connectivity index is 1.18. The average Bonchev–Trinajstić information content (AvgIpc) is 3.55. The van der Waals surface area contributed by atoms with Gasteiger partial charge in [0.05, 0.1) is 23.9 Å². The van der Waals surface area contributed by atoms with Gasteiger partial charge in [0.15, 0.2) is 5.65 Å². The fourth-order valence-electron chi connectivity index (χ4n) is 6.78. The minimum Gasteiger partial charge on any atom is -0.493 e. The van der Waals surface area contributed by atoms with Crippen molar-refractivity contribution in [3.05, 3.63) is 123 Å². The number of fused-ring (bicyclic) bond motifs is 2. The first-order valence-electron chi connectivity index (χ1n) is 17.0. The summed E-state index contributed by atoms with van der Waals surface area (Å²) in [5.41, 5.74) is 0.880. The predicted octanol–water partition coefficient (Wildman–Crippen LogP) is 5.52. The third kappa shape index (κ3) is 7.06. The van der Waals surface area contributed by atoms with Gasteiger partial charge in [-0.3, -0.25) is 14.2 Å². The van der Waals surface area contributed by atoms with Crippen molar-refractivity contribution in [2.24, 2.45) is 0 Å². The van der Waals surface area contributed by atoms with Crippen LogP contribution in [0.25, 0.3) is 33.5 Å². The number of pyridine rings is 2. The van der Waals surface area contributed by atoms with Gasteiger partial charge in [-0.25, -0.2) is 32.5 Å². The van der Waals surface area contributed by atoms with Crippen LogP contribution in [0.5, 0.6) is 5.75 Å². The molecule has 268 valence electrons. The summed E-state index contributed by atoms with van der Waals surface area (Å²) in [5, 5.41) is 2.90. The van der Waals surface area contributed by atoms with Crippen molar-refractivity contribution < 1.29 is 22.7 Å². The quantitative estimate of drug-likeness (QED) is 0.186. The third-order valence-electron chi connectivity index (χ3n) is 9.30. The van der Waals surface area contributed by atoms with E-state index in [1.807, 2.05) is 19.0 Å². The van der Waals surface area contributed by atoms with E-state index >= 15 is 0 Å². The van der Waals surface area contributed by atoms with Crippen LogP contribution in [0.1, 0.15) is 48.6 Å². The number of nitrogens with one attached hydrogen (secondary N) is 1. The lowest BCUT2D eigenvalue weighted by atomic mass is 9.90. The Morgan fingerprint density at radius 2 is 1.73 bits per heavy atom. The summed E-state index contributed by atoms with van der Waals surface area (Å²) < 4.78 is 52.4. The Morgan fingerprint density at radius 1 is 0.942 bits per heavy atom. The molecule has 1 amide bonds. The van der Waals surface area contributed by atoms with Crippen molar-refractivity contribution in [3.63, 3.8) is 0 Å². The number of halogens is 3. The van der Waals surface area contributed by atoms with E-state index < -0.39 is 40.6 Å². The zero-order valence-electron chi connectivity index (χ0n) is 28.6. The molecule has 0 bridgehead atoms. The molecule has 0 spiro atoms. The van der Waals surface area contributed by atoms with E-state index in [2.05, 4.69) is 15.3 Å². The van der Waals surface area contributed by atoms with Crippen LogP contribution >= 0.6 is 0 Å². The maximum Gasteiger partial charge on any atom is 0.337 e. The smallest absolute Gasteiger partial charge is 0.337 e. The highest BCUT2D eigenvalue weighted by atomic mass is 19.1. The van der Waals surface area contributed by atoms with Gasteiger partial charge in [-0.05, 0) is 94.2 Å². The van der Waals surface area contributed by atoms with Crippen LogP contribution in [0.3, 0.4) is 0 Å². The highest BCUT2D eigenvalue weighted by Crippen LogP contribution is 2.33. The minimum absolute atomic E-state index is 0.00245. The maximum absolute atomic E-state index is 14.5. The number of rotatable bonds is 10. The number of imidazole rings is 1. The molecule has 1 N–H and O–H groups in total. The molecule has 1 aliphatic carbocycles. The average molecular weight is 712 g/mol. The van der Waals surface area contributed by atoms with Gasteiger partial charge in [-0.1, -0.05) is 12.1 Å². The zero-order valence-corrected chi connectivity index (χ0v) is 28.6. The third-order valence-corrected chi connectivity index (χ3v) is 9.30. The largest absolute Gasteiger partial charge is 0.493 e. The fraction of sp³-hybridized carbons (Fsp3) is 0.289. The van der Waals surface area contributed by atoms with Crippen LogP contribution in [-0.4, -0.2) is 67.6 Å². The lowest BCUT2D eigenvalue weighted by Gasteiger charge is -2.30. The second kappa shape index (κ2) is 14.5. The van der Waals surface area contributed by atoms with E-state index in [-0.39, 0.29) is 22.8 Å². The van der Waals surface area contributed by atoms with Crippen LogP contribution in [0.15, 0.2) is 88.8 Å². The number of carbonyl (C=O) groups is 1. The minimum atomic E-state index is -0.724. The van der Waals surface area contributed by atoms with Crippen LogP contribution in [-0.2, 0) is 0 Å². The van der Waals surface area contributed by atoms with E-state index in [4.69, 9.17) is 4.74 Å². The molecule has 2 aromatic carbocycles. The van der Waals surface area contributed by atoms with Crippen molar-refractivity contribution >= 4 is 22.6 Å². The van der Waals surface area contributed by atoms with Crippen molar-refractivity contribution in [3.8, 4) is 22.6 Å². The van der Waals surface area contributed by atoms with Crippen LogP contribution in [0.4, 0.5) is 13.2 Å². The summed E-state index contributed by atoms with van der Waals surface area (Å²) in [5.74, 6) is -1.70. The van der Waals surface area contributed by atoms with Gasteiger partial charge in [0, 0.05) is 42.7 Å². The van der Waals surface area contributed by atoms with Crippen LogP contribution in [0.2, 0.25) is 0 Å². The molecular formula is C38H36F3N7O4. The van der Waals surface area contributed by atoms with Crippen LogP contribution in [0, 0.1) is 17.5 Å². The SMILES string of the molecule is CN(C)CCCOc1cc(F)ccc1-c1cccc(-n2c(=O)n([C@H]3CC[C@@H](NC(=O)c4cn5cc(F)ccc5n4)CC3)c(=O)c3cc(F)cnc32)c1. The number of ether oxygens (including phenoxy) is 1. The molecule has 4 heterocycles. The number of aromatic nitrogens is 5. The lowest BCUT2D eigenvalue weighted by molar-refractivity contribution is 0.0917. The first kappa shape index (κ1) is 34.7. The molecule has 14 heteroatoms. The van der Waals surface area contributed by atoms with Gasteiger partial charge in [-0.15, -0.1) is 0 Å². The van der Waals surface area contributed by atoms with Crippen molar-refractivity contribution in [1.29, 1.82) is 0 Å². The molecule has 7 rings (SSSR count).